The molecule has 6 heteroatoms. The van der Waals surface area contributed by atoms with Crippen LogP contribution >= 0.6 is 11.6 Å². The van der Waals surface area contributed by atoms with Crippen LogP contribution in [0.5, 0.6) is 11.5 Å². The number of phenolic OH excluding ortho intramolecular Hbond substituents is 2. The number of para-hydroxylation sites is 1. The molecule has 0 heterocycles. The van der Waals surface area contributed by atoms with Crippen molar-refractivity contribution < 1.29 is 15.0 Å². The summed E-state index contributed by atoms with van der Waals surface area (Å²) in [4.78, 5) is 12.0. The van der Waals surface area contributed by atoms with Gasteiger partial charge in [-0.05, 0) is 24.3 Å². The van der Waals surface area contributed by atoms with Gasteiger partial charge in [-0.2, -0.15) is 0 Å². The van der Waals surface area contributed by atoms with Crippen molar-refractivity contribution in [3.8, 4) is 11.5 Å². The molecule has 0 aromatic heterocycles. The number of nitrogens with two attached hydrogens (primary N) is 1. The van der Waals surface area contributed by atoms with Gasteiger partial charge in [0.2, 0.25) is 0 Å². The largest absolute Gasteiger partial charge is 0.507 e. The van der Waals surface area contributed by atoms with Crippen LogP contribution in [0.15, 0.2) is 36.4 Å². The Kier molecular flexibility index (Phi) is 3.48. The highest BCUT2D eigenvalue weighted by atomic mass is 35.5. The van der Waals surface area contributed by atoms with Crippen molar-refractivity contribution in [2.45, 2.75) is 0 Å². The van der Waals surface area contributed by atoms with Gasteiger partial charge in [-0.3, -0.25) is 4.79 Å². The van der Waals surface area contributed by atoms with E-state index in [1.807, 2.05) is 0 Å². The van der Waals surface area contributed by atoms with Gasteiger partial charge >= 0.3 is 0 Å². The topological polar surface area (TPSA) is 95.6 Å². The Balaban J connectivity index is 2.37. The van der Waals surface area contributed by atoms with E-state index in [4.69, 9.17) is 17.3 Å². The zero-order valence-electron chi connectivity index (χ0n) is 9.72. The van der Waals surface area contributed by atoms with E-state index in [0.29, 0.717) is 0 Å². The second-order valence-electron chi connectivity index (χ2n) is 3.83. The highest BCUT2D eigenvalue weighted by Crippen LogP contribution is 2.31. The first-order valence-corrected chi connectivity index (χ1v) is 5.74. The minimum absolute atomic E-state index is 0.233. The first-order valence-electron chi connectivity index (χ1n) is 5.37. The van der Waals surface area contributed by atoms with Crippen molar-refractivity contribution in [3.63, 3.8) is 0 Å². The number of amides is 1. The summed E-state index contributed by atoms with van der Waals surface area (Å²) in [5.41, 5.74) is 5.99. The van der Waals surface area contributed by atoms with Gasteiger partial charge in [0.1, 0.15) is 17.1 Å². The van der Waals surface area contributed by atoms with Crippen molar-refractivity contribution in [2.24, 2.45) is 0 Å². The number of anilines is 2. The molecule has 0 aliphatic heterocycles. The van der Waals surface area contributed by atoms with Gasteiger partial charge in [-0.25, -0.2) is 0 Å². The molecule has 0 fully saturated rings. The van der Waals surface area contributed by atoms with Crippen LogP contribution in [0.3, 0.4) is 0 Å². The standard InChI is InChI=1S/C13H11ClN2O3/c14-7-3-1-4-8(15)12(7)16-13(19)11-9(17)5-2-6-10(11)18/h1-6,17-18H,15H2,(H,16,19). The fourth-order valence-electron chi connectivity index (χ4n) is 1.61. The lowest BCUT2D eigenvalue weighted by molar-refractivity contribution is 0.102. The van der Waals surface area contributed by atoms with E-state index in [1.54, 1.807) is 18.2 Å². The molecule has 19 heavy (non-hydrogen) atoms. The number of aromatic hydroxyl groups is 2. The first-order chi connectivity index (χ1) is 9.00. The molecule has 0 bridgehead atoms. The number of phenols is 2. The highest BCUT2D eigenvalue weighted by Gasteiger charge is 2.18. The van der Waals surface area contributed by atoms with Crippen LogP contribution in [-0.2, 0) is 0 Å². The molecule has 0 saturated carbocycles. The smallest absolute Gasteiger partial charge is 0.263 e. The molecule has 0 atom stereocenters. The molecule has 2 aromatic carbocycles. The van der Waals surface area contributed by atoms with Crippen molar-refractivity contribution in [1.82, 2.24) is 0 Å². The second-order valence-corrected chi connectivity index (χ2v) is 4.24. The van der Waals surface area contributed by atoms with Crippen LogP contribution in [0, 0.1) is 0 Å². The molecule has 0 unspecified atom stereocenters. The molecule has 2 aromatic rings. The van der Waals surface area contributed by atoms with Gasteiger partial charge in [0.15, 0.2) is 0 Å². The second kappa shape index (κ2) is 5.07. The van der Waals surface area contributed by atoms with E-state index < -0.39 is 5.91 Å². The van der Waals surface area contributed by atoms with E-state index in [-0.39, 0.29) is 33.5 Å². The maximum Gasteiger partial charge on any atom is 0.263 e. The van der Waals surface area contributed by atoms with Crippen molar-refractivity contribution in [3.05, 3.63) is 47.0 Å². The minimum atomic E-state index is -0.699. The zero-order valence-corrected chi connectivity index (χ0v) is 10.5. The summed E-state index contributed by atoms with van der Waals surface area (Å²) in [6, 6.07) is 8.80. The summed E-state index contributed by atoms with van der Waals surface area (Å²) < 4.78 is 0. The maximum absolute atomic E-state index is 12.0. The molecule has 5 nitrogen and oxygen atoms in total. The Bertz CT molecular complexity index is 603. The summed E-state index contributed by atoms with van der Waals surface area (Å²) in [7, 11) is 0. The number of hydrogen-bond acceptors (Lipinski definition) is 4. The van der Waals surface area contributed by atoms with Crippen molar-refractivity contribution >= 4 is 28.9 Å². The average Bonchev–Trinajstić information content (AvgIpc) is 2.34. The number of nitrogens with one attached hydrogen (secondary N) is 1. The van der Waals surface area contributed by atoms with E-state index in [9.17, 15) is 15.0 Å². The third-order valence-electron chi connectivity index (χ3n) is 2.53. The van der Waals surface area contributed by atoms with Gasteiger partial charge in [0.25, 0.3) is 5.91 Å². The fourth-order valence-corrected chi connectivity index (χ4v) is 1.84. The van der Waals surface area contributed by atoms with Gasteiger partial charge < -0.3 is 21.3 Å². The highest BCUT2D eigenvalue weighted by molar-refractivity contribution is 6.34. The molecule has 0 aliphatic carbocycles. The molecule has 2 rings (SSSR count). The third kappa shape index (κ3) is 2.56. The van der Waals surface area contributed by atoms with E-state index in [1.165, 1.54) is 18.2 Å². The van der Waals surface area contributed by atoms with E-state index in [2.05, 4.69) is 5.32 Å². The molecule has 0 spiro atoms. The summed E-state index contributed by atoms with van der Waals surface area (Å²) in [6.45, 7) is 0. The molecule has 0 saturated heterocycles. The fraction of sp³-hybridized carbons (Fsp3) is 0. The van der Waals surface area contributed by atoms with Crippen LogP contribution in [-0.4, -0.2) is 16.1 Å². The number of nitrogen functional groups attached to an aromatic ring is 1. The Morgan fingerprint density at radius 2 is 1.68 bits per heavy atom. The van der Waals surface area contributed by atoms with Gasteiger partial charge in [-0.15, -0.1) is 0 Å². The van der Waals surface area contributed by atoms with Crippen LogP contribution in [0.25, 0.3) is 0 Å². The number of carbonyl (C=O) groups is 1. The van der Waals surface area contributed by atoms with Crippen LogP contribution in [0.4, 0.5) is 11.4 Å². The molecule has 0 radical (unpaired) electrons. The Labute approximate surface area is 114 Å². The number of hydrogen-bond donors (Lipinski definition) is 4. The molecule has 0 aliphatic rings. The molecule has 98 valence electrons. The first kappa shape index (κ1) is 13.0. The normalized spacial score (nSPS) is 10.2. The van der Waals surface area contributed by atoms with Gasteiger partial charge in [0.05, 0.1) is 16.4 Å². The zero-order chi connectivity index (χ0) is 14.0. The lowest BCUT2D eigenvalue weighted by Crippen LogP contribution is -2.14. The third-order valence-corrected chi connectivity index (χ3v) is 2.85. The van der Waals surface area contributed by atoms with Crippen molar-refractivity contribution in [1.29, 1.82) is 0 Å². The maximum atomic E-state index is 12.0. The number of benzene rings is 2. The lowest BCUT2D eigenvalue weighted by atomic mass is 10.1. The molecule has 5 N–H and O–H groups in total. The Morgan fingerprint density at radius 3 is 2.26 bits per heavy atom. The summed E-state index contributed by atoms with van der Waals surface area (Å²) in [5, 5.41) is 21.9. The quantitative estimate of drug-likeness (QED) is 0.635. The van der Waals surface area contributed by atoms with E-state index >= 15 is 0 Å². The Hall–Kier alpha value is -2.40. The van der Waals surface area contributed by atoms with Crippen LogP contribution in [0.2, 0.25) is 5.02 Å². The Morgan fingerprint density at radius 1 is 1.11 bits per heavy atom. The van der Waals surface area contributed by atoms with Gasteiger partial charge in [0, 0.05) is 0 Å². The monoisotopic (exact) mass is 278 g/mol. The van der Waals surface area contributed by atoms with Crippen molar-refractivity contribution in [2.75, 3.05) is 11.1 Å². The summed E-state index contributed by atoms with van der Waals surface area (Å²) >= 11 is 5.92. The summed E-state index contributed by atoms with van der Waals surface area (Å²) in [5.74, 6) is -1.36. The minimum Gasteiger partial charge on any atom is -0.507 e. The lowest BCUT2D eigenvalue weighted by Gasteiger charge is -2.11. The average molecular weight is 279 g/mol. The molecular weight excluding hydrogens is 268 g/mol. The predicted molar refractivity (Wildman–Crippen MR) is 73.6 cm³/mol. The molecule has 1 amide bonds. The van der Waals surface area contributed by atoms with Crippen LogP contribution in [0.1, 0.15) is 10.4 Å². The van der Waals surface area contributed by atoms with Gasteiger partial charge in [-0.1, -0.05) is 23.7 Å². The number of halogens is 1. The number of rotatable bonds is 2. The predicted octanol–water partition coefficient (Wildman–Crippen LogP) is 2.59. The van der Waals surface area contributed by atoms with Crippen LogP contribution < -0.4 is 11.1 Å². The summed E-state index contributed by atoms with van der Waals surface area (Å²) in [6.07, 6.45) is 0. The SMILES string of the molecule is Nc1cccc(Cl)c1NC(=O)c1c(O)cccc1O. The van der Waals surface area contributed by atoms with E-state index in [0.717, 1.165) is 0 Å². The number of carbonyl (C=O) groups excluding carboxylic acids is 1. The molecular formula is C13H11ClN2O3.